The van der Waals surface area contributed by atoms with Gasteiger partial charge in [0.25, 0.3) is 11.8 Å². The van der Waals surface area contributed by atoms with E-state index in [1.807, 2.05) is 27.8 Å². The SMILES string of the molecule is Cc1cc(C)c(NC(=O)C[NH+](C)[C@H](C)C(=O)NC23CC4CC(CC(C4)C2)C3)c(C)c1. The van der Waals surface area contributed by atoms with Crippen LogP contribution < -0.4 is 15.5 Å². The van der Waals surface area contributed by atoms with E-state index in [2.05, 4.69) is 29.7 Å². The van der Waals surface area contributed by atoms with Crippen LogP contribution in [0.15, 0.2) is 12.1 Å². The van der Waals surface area contributed by atoms with Crippen molar-refractivity contribution in [3.63, 3.8) is 0 Å². The van der Waals surface area contributed by atoms with E-state index in [0.29, 0.717) is 0 Å². The molecule has 0 spiro atoms. The maximum Gasteiger partial charge on any atom is 0.279 e. The van der Waals surface area contributed by atoms with Gasteiger partial charge in [0.2, 0.25) is 0 Å². The highest BCUT2D eigenvalue weighted by Crippen LogP contribution is 2.55. The fourth-order valence-corrected chi connectivity index (χ4v) is 6.82. The first-order chi connectivity index (χ1) is 14.1. The number of rotatable bonds is 6. The number of likely N-dealkylation sites (N-methyl/N-ethyl adjacent to an activating group) is 1. The molecule has 1 unspecified atom stereocenters. The monoisotopic (exact) mass is 412 g/mol. The fourth-order valence-electron chi connectivity index (χ4n) is 6.82. The van der Waals surface area contributed by atoms with Gasteiger partial charge in [-0.05, 0) is 95.1 Å². The summed E-state index contributed by atoms with van der Waals surface area (Å²) in [6.07, 6.45) is 7.57. The molecule has 0 aromatic heterocycles. The number of quaternary nitrogens is 1. The third-order valence-corrected chi connectivity index (χ3v) is 7.94. The summed E-state index contributed by atoms with van der Waals surface area (Å²) < 4.78 is 0. The Kier molecular flexibility index (Phi) is 5.69. The molecule has 30 heavy (non-hydrogen) atoms. The molecule has 2 atom stereocenters. The van der Waals surface area contributed by atoms with Crippen molar-refractivity contribution in [3.05, 3.63) is 28.8 Å². The van der Waals surface area contributed by atoms with Crippen LogP contribution in [0.5, 0.6) is 0 Å². The van der Waals surface area contributed by atoms with Crippen molar-refractivity contribution in [1.29, 1.82) is 0 Å². The Hall–Kier alpha value is -1.88. The Balaban J connectivity index is 1.34. The average molecular weight is 413 g/mol. The molecule has 2 amide bonds. The Morgan fingerprint density at radius 1 is 1.03 bits per heavy atom. The summed E-state index contributed by atoms with van der Waals surface area (Å²) in [6.45, 7) is 8.33. The Labute approximate surface area is 181 Å². The quantitative estimate of drug-likeness (QED) is 0.672. The van der Waals surface area contributed by atoms with Crippen LogP contribution in [0.25, 0.3) is 0 Å². The largest absolute Gasteiger partial charge is 0.345 e. The number of carbonyl (C=O) groups excluding carboxylic acids is 2. The highest BCUT2D eigenvalue weighted by Gasteiger charge is 2.52. The second-order valence-electron chi connectivity index (χ2n) is 10.8. The van der Waals surface area contributed by atoms with Gasteiger partial charge in [0, 0.05) is 11.2 Å². The number of anilines is 1. The van der Waals surface area contributed by atoms with Crippen LogP contribution in [0.1, 0.15) is 62.1 Å². The van der Waals surface area contributed by atoms with Gasteiger partial charge in [-0.3, -0.25) is 9.59 Å². The zero-order valence-electron chi connectivity index (χ0n) is 19.2. The summed E-state index contributed by atoms with van der Waals surface area (Å²) in [4.78, 5) is 26.7. The number of amides is 2. The average Bonchev–Trinajstić information content (AvgIpc) is 2.62. The van der Waals surface area contributed by atoms with Crippen LogP contribution in [-0.2, 0) is 9.59 Å². The van der Waals surface area contributed by atoms with Gasteiger partial charge in [-0.2, -0.15) is 0 Å². The van der Waals surface area contributed by atoms with Crippen molar-refractivity contribution >= 4 is 17.5 Å². The predicted octanol–water partition coefficient (Wildman–Crippen LogP) is 2.54. The maximum atomic E-state index is 13.1. The maximum absolute atomic E-state index is 13.1. The van der Waals surface area contributed by atoms with Crippen LogP contribution in [0.3, 0.4) is 0 Å². The van der Waals surface area contributed by atoms with Crippen molar-refractivity contribution in [2.75, 3.05) is 18.9 Å². The Morgan fingerprint density at radius 2 is 1.53 bits per heavy atom. The Bertz CT molecular complexity index is 789. The molecular formula is C25H38N3O2+. The molecule has 5 rings (SSSR count). The number of nitrogens with one attached hydrogen (secondary N) is 3. The molecule has 0 saturated heterocycles. The van der Waals surface area contributed by atoms with Crippen LogP contribution in [-0.4, -0.2) is 37.0 Å². The van der Waals surface area contributed by atoms with Crippen LogP contribution in [0, 0.1) is 38.5 Å². The van der Waals surface area contributed by atoms with Crippen molar-refractivity contribution < 1.29 is 14.5 Å². The van der Waals surface area contributed by atoms with E-state index in [1.54, 1.807) is 0 Å². The zero-order chi connectivity index (χ0) is 21.6. The van der Waals surface area contributed by atoms with E-state index in [0.717, 1.165) is 58.7 Å². The summed E-state index contributed by atoms with van der Waals surface area (Å²) in [7, 11) is 1.94. The minimum Gasteiger partial charge on any atom is -0.345 e. The first kappa shape index (κ1) is 21.4. The van der Waals surface area contributed by atoms with Crippen LogP contribution in [0.2, 0.25) is 0 Å². The molecule has 4 fully saturated rings. The number of hydrogen-bond donors (Lipinski definition) is 3. The molecule has 5 nitrogen and oxygen atoms in total. The number of hydrogen-bond acceptors (Lipinski definition) is 2. The number of benzene rings is 1. The molecule has 1 aromatic rings. The molecule has 0 aliphatic heterocycles. The van der Waals surface area contributed by atoms with E-state index in [4.69, 9.17) is 0 Å². The van der Waals surface area contributed by atoms with Gasteiger partial charge in [0.1, 0.15) is 0 Å². The molecule has 0 radical (unpaired) electrons. The van der Waals surface area contributed by atoms with Crippen molar-refractivity contribution in [1.82, 2.24) is 5.32 Å². The smallest absolute Gasteiger partial charge is 0.279 e. The molecule has 4 bridgehead atoms. The molecule has 164 valence electrons. The second-order valence-corrected chi connectivity index (χ2v) is 10.8. The summed E-state index contributed by atoms with van der Waals surface area (Å²) in [5.41, 5.74) is 4.26. The van der Waals surface area contributed by atoms with Gasteiger partial charge in [-0.1, -0.05) is 17.7 Å². The van der Waals surface area contributed by atoms with Gasteiger partial charge in [-0.25, -0.2) is 0 Å². The first-order valence-corrected chi connectivity index (χ1v) is 11.7. The highest BCUT2D eigenvalue weighted by molar-refractivity contribution is 5.93. The molecule has 4 aliphatic rings. The lowest BCUT2D eigenvalue weighted by Crippen LogP contribution is -3.15. The summed E-state index contributed by atoms with van der Waals surface area (Å²) in [5.74, 6) is 2.48. The lowest BCUT2D eigenvalue weighted by atomic mass is 9.53. The van der Waals surface area contributed by atoms with Gasteiger partial charge >= 0.3 is 0 Å². The minimum atomic E-state index is -0.246. The van der Waals surface area contributed by atoms with E-state index in [-0.39, 0.29) is 29.9 Å². The molecule has 3 N–H and O–H groups in total. The summed E-state index contributed by atoms with van der Waals surface area (Å²) >= 11 is 0. The third-order valence-electron chi connectivity index (χ3n) is 7.94. The molecule has 4 aliphatic carbocycles. The lowest BCUT2D eigenvalue weighted by Gasteiger charge is -2.57. The van der Waals surface area contributed by atoms with Gasteiger partial charge in [0.05, 0.1) is 7.05 Å². The Morgan fingerprint density at radius 3 is 2.03 bits per heavy atom. The van der Waals surface area contributed by atoms with Gasteiger partial charge in [0.15, 0.2) is 12.6 Å². The molecule has 4 saturated carbocycles. The van der Waals surface area contributed by atoms with Crippen molar-refractivity contribution in [2.45, 2.75) is 77.8 Å². The molecule has 1 aromatic carbocycles. The fraction of sp³-hybridized carbons (Fsp3) is 0.680. The van der Waals surface area contributed by atoms with E-state index in [9.17, 15) is 9.59 Å². The standard InChI is InChI=1S/C25H37N3O2/c1-15-6-16(2)23(17(3)7-15)26-22(29)14-28(5)18(4)24(30)27-25-11-19-8-20(12-25)10-21(9-19)13-25/h6-7,18-21H,8-14H2,1-5H3,(H,26,29)(H,27,30)/p+1/t18-,19?,20?,21?,25?/m1/s1. The third kappa shape index (κ3) is 4.27. The highest BCUT2D eigenvalue weighted by atomic mass is 16.2. The number of carbonyl (C=O) groups is 2. The van der Waals surface area contributed by atoms with Crippen molar-refractivity contribution in [3.8, 4) is 0 Å². The van der Waals surface area contributed by atoms with E-state index in [1.165, 1.54) is 24.8 Å². The normalized spacial score (nSPS) is 31.3. The first-order valence-electron chi connectivity index (χ1n) is 11.7. The van der Waals surface area contributed by atoms with Crippen molar-refractivity contribution in [2.24, 2.45) is 17.8 Å². The van der Waals surface area contributed by atoms with E-state index >= 15 is 0 Å². The minimum absolute atomic E-state index is 0.0265. The van der Waals surface area contributed by atoms with Crippen LogP contribution >= 0.6 is 0 Å². The second kappa shape index (κ2) is 7.99. The molecule has 0 heterocycles. The number of aryl methyl sites for hydroxylation is 3. The predicted molar refractivity (Wildman–Crippen MR) is 120 cm³/mol. The van der Waals surface area contributed by atoms with Gasteiger partial charge in [-0.15, -0.1) is 0 Å². The van der Waals surface area contributed by atoms with Crippen LogP contribution in [0.4, 0.5) is 5.69 Å². The molecular weight excluding hydrogens is 374 g/mol. The summed E-state index contributed by atoms with van der Waals surface area (Å²) in [5, 5.41) is 6.53. The van der Waals surface area contributed by atoms with Gasteiger partial charge < -0.3 is 15.5 Å². The topological polar surface area (TPSA) is 62.6 Å². The van der Waals surface area contributed by atoms with E-state index < -0.39 is 0 Å². The zero-order valence-corrected chi connectivity index (χ0v) is 19.2. The lowest BCUT2D eigenvalue weighted by molar-refractivity contribution is -0.885. The molecule has 5 heteroatoms. The summed E-state index contributed by atoms with van der Waals surface area (Å²) in [6, 6.07) is 3.92.